The van der Waals surface area contributed by atoms with Crippen molar-refractivity contribution in [1.82, 2.24) is 20.2 Å². The molecule has 0 amide bonds. The molecule has 0 saturated heterocycles. The highest BCUT2D eigenvalue weighted by Crippen LogP contribution is 2.42. The maximum atomic E-state index is 14.3. The molecular weight excluding hydrogens is 446 g/mol. The van der Waals surface area contributed by atoms with Gasteiger partial charge >= 0.3 is 0 Å². The Balaban J connectivity index is 0.00000108. The van der Waals surface area contributed by atoms with Crippen molar-refractivity contribution in [3.8, 4) is 11.3 Å². The third-order valence-electron chi connectivity index (χ3n) is 6.05. The van der Waals surface area contributed by atoms with Crippen molar-refractivity contribution in [2.45, 2.75) is 52.9 Å². The van der Waals surface area contributed by atoms with Gasteiger partial charge in [0.05, 0.1) is 29.3 Å². The van der Waals surface area contributed by atoms with Crippen LogP contribution in [0.25, 0.3) is 17.0 Å². The molecule has 0 fully saturated rings. The van der Waals surface area contributed by atoms with Crippen molar-refractivity contribution in [2.75, 3.05) is 0 Å². The SMILES string of the molecule is CC(C)C1CCC(c2cncc(-c3cn[nH]c3)n2)C(N)=C1/C=C(\N)c1c(F)cccc1F.CCC. The zero-order valence-corrected chi connectivity index (χ0v) is 20.7. The summed E-state index contributed by atoms with van der Waals surface area (Å²) < 4.78 is 28.6. The molecule has 2 aromatic heterocycles. The van der Waals surface area contributed by atoms with E-state index in [0.29, 0.717) is 11.4 Å². The average Bonchev–Trinajstić information content (AvgIpc) is 3.36. The fourth-order valence-electron chi connectivity index (χ4n) is 4.35. The smallest absolute Gasteiger partial charge is 0.135 e. The summed E-state index contributed by atoms with van der Waals surface area (Å²) in [5, 5.41) is 6.74. The molecule has 0 radical (unpaired) electrons. The minimum Gasteiger partial charge on any atom is -0.401 e. The molecule has 0 spiro atoms. The summed E-state index contributed by atoms with van der Waals surface area (Å²) in [4.78, 5) is 9.09. The van der Waals surface area contributed by atoms with E-state index in [0.717, 1.165) is 29.7 Å². The van der Waals surface area contributed by atoms with Crippen molar-refractivity contribution in [1.29, 1.82) is 0 Å². The zero-order chi connectivity index (χ0) is 25.5. The molecule has 8 heteroatoms. The molecule has 3 aromatic rings. The first-order valence-electron chi connectivity index (χ1n) is 12.0. The number of hydrogen-bond donors (Lipinski definition) is 3. The van der Waals surface area contributed by atoms with Gasteiger partial charge in [0.25, 0.3) is 0 Å². The maximum Gasteiger partial charge on any atom is 0.135 e. The third-order valence-corrected chi connectivity index (χ3v) is 6.05. The summed E-state index contributed by atoms with van der Waals surface area (Å²) in [6.45, 7) is 8.45. The molecule has 0 saturated carbocycles. The van der Waals surface area contributed by atoms with Gasteiger partial charge in [-0.05, 0) is 48.5 Å². The van der Waals surface area contributed by atoms with Crippen molar-refractivity contribution >= 4 is 5.70 Å². The van der Waals surface area contributed by atoms with Gasteiger partial charge in [0.1, 0.15) is 11.6 Å². The highest BCUT2D eigenvalue weighted by atomic mass is 19.1. The summed E-state index contributed by atoms with van der Waals surface area (Å²) in [6, 6.07) is 3.70. The quantitative estimate of drug-likeness (QED) is 0.420. The van der Waals surface area contributed by atoms with Gasteiger partial charge in [0.15, 0.2) is 0 Å². The van der Waals surface area contributed by atoms with Gasteiger partial charge in [-0.15, -0.1) is 0 Å². The normalized spacial score (nSPS) is 18.4. The molecule has 1 aromatic carbocycles. The van der Waals surface area contributed by atoms with E-state index in [2.05, 4.69) is 42.9 Å². The lowest BCUT2D eigenvalue weighted by Gasteiger charge is -2.33. The molecule has 5 N–H and O–H groups in total. The highest BCUT2D eigenvalue weighted by molar-refractivity contribution is 5.67. The maximum absolute atomic E-state index is 14.3. The van der Waals surface area contributed by atoms with E-state index in [1.807, 2.05) is 0 Å². The van der Waals surface area contributed by atoms with Crippen LogP contribution in [0.5, 0.6) is 0 Å². The molecule has 186 valence electrons. The number of hydrogen-bond acceptors (Lipinski definition) is 5. The number of nitrogens with one attached hydrogen (secondary N) is 1. The highest BCUT2D eigenvalue weighted by Gasteiger charge is 2.31. The van der Waals surface area contributed by atoms with Crippen LogP contribution in [0.3, 0.4) is 0 Å². The van der Waals surface area contributed by atoms with Gasteiger partial charge in [-0.25, -0.2) is 13.8 Å². The topological polar surface area (TPSA) is 106 Å². The van der Waals surface area contributed by atoms with Gasteiger partial charge in [-0.1, -0.05) is 40.2 Å². The second-order valence-corrected chi connectivity index (χ2v) is 9.11. The zero-order valence-electron chi connectivity index (χ0n) is 20.7. The Kier molecular flexibility index (Phi) is 8.73. The van der Waals surface area contributed by atoms with Gasteiger partial charge in [0.2, 0.25) is 0 Å². The lowest BCUT2D eigenvalue weighted by Crippen LogP contribution is -2.26. The number of halogens is 2. The van der Waals surface area contributed by atoms with E-state index < -0.39 is 11.6 Å². The lowest BCUT2D eigenvalue weighted by atomic mass is 9.73. The largest absolute Gasteiger partial charge is 0.401 e. The van der Waals surface area contributed by atoms with E-state index in [1.54, 1.807) is 30.9 Å². The lowest BCUT2D eigenvalue weighted by molar-refractivity contribution is 0.372. The van der Waals surface area contributed by atoms with Crippen LogP contribution in [-0.2, 0) is 0 Å². The third kappa shape index (κ3) is 5.93. The monoisotopic (exact) mass is 480 g/mol. The van der Waals surface area contributed by atoms with Gasteiger partial charge in [-0.2, -0.15) is 5.10 Å². The molecule has 6 nitrogen and oxygen atoms in total. The van der Waals surface area contributed by atoms with Crippen LogP contribution < -0.4 is 11.5 Å². The molecule has 1 aliphatic carbocycles. The van der Waals surface area contributed by atoms with Gasteiger partial charge in [-0.3, -0.25) is 10.1 Å². The van der Waals surface area contributed by atoms with Crippen LogP contribution >= 0.6 is 0 Å². The van der Waals surface area contributed by atoms with E-state index in [-0.39, 0.29) is 29.0 Å². The summed E-state index contributed by atoms with van der Waals surface area (Å²) in [7, 11) is 0. The fourth-order valence-corrected chi connectivity index (χ4v) is 4.35. The van der Waals surface area contributed by atoms with Crippen LogP contribution in [-0.4, -0.2) is 20.2 Å². The number of nitrogens with zero attached hydrogens (tertiary/aromatic N) is 3. The molecule has 35 heavy (non-hydrogen) atoms. The van der Waals surface area contributed by atoms with Crippen LogP contribution in [0.2, 0.25) is 0 Å². The Labute approximate surface area is 205 Å². The van der Waals surface area contributed by atoms with Crippen LogP contribution in [0, 0.1) is 23.5 Å². The second-order valence-electron chi connectivity index (χ2n) is 9.11. The predicted molar refractivity (Wildman–Crippen MR) is 136 cm³/mol. The van der Waals surface area contributed by atoms with Crippen molar-refractivity contribution in [3.63, 3.8) is 0 Å². The summed E-state index contributed by atoms with van der Waals surface area (Å²) >= 11 is 0. The summed E-state index contributed by atoms with van der Waals surface area (Å²) in [5.74, 6) is -1.18. The molecule has 2 unspecified atom stereocenters. The number of aromatic amines is 1. The number of benzene rings is 1. The van der Waals surface area contributed by atoms with Gasteiger partial charge < -0.3 is 11.5 Å². The Morgan fingerprint density at radius 2 is 1.83 bits per heavy atom. The molecular formula is C27H34F2N6. The molecule has 0 bridgehead atoms. The van der Waals surface area contributed by atoms with Crippen molar-refractivity contribution < 1.29 is 8.78 Å². The molecule has 2 heterocycles. The summed E-state index contributed by atoms with van der Waals surface area (Å²) in [6.07, 6.45) is 11.3. The van der Waals surface area contributed by atoms with Crippen LogP contribution in [0.15, 0.2) is 60.3 Å². The average molecular weight is 481 g/mol. The number of aromatic nitrogens is 4. The Bertz CT molecular complexity index is 1160. The fraction of sp³-hybridized carbons (Fsp3) is 0.370. The number of nitrogens with two attached hydrogens (primary N) is 2. The van der Waals surface area contributed by atoms with Crippen molar-refractivity contribution in [3.05, 3.63) is 83.2 Å². The predicted octanol–water partition coefficient (Wildman–Crippen LogP) is 5.92. The Morgan fingerprint density at radius 1 is 1.14 bits per heavy atom. The molecule has 2 atom stereocenters. The molecule has 1 aliphatic rings. The first kappa shape index (κ1) is 26.1. The minimum absolute atomic E-state index is 0.0167. The van der Waals surface area contributed by atoms with Crippen LogP contribution in [0.1, 0.15) is 64.1 Å². The van der Waals surface area contributed by atoms with E-state index in [1.165, 1.54) is 24.6 Å². The number of H-pyrrole nitrogens is 1. The first-order chi connectivity index (χ1) is 16.8. The van der Waals surface area contributed by atoms with E-state index in [4.69, 9.17) is 16.5 Å². The Morgan fingerprint density at radius 3 is 2.43 bits per heavy atom. The minimum atomic E-state index is -0.704. The number of rotatable bonds is 5. The van der Waals surface area contributed by atoms with Crippen molar-refractivity contribution in [2.24, 2.45) is 23.3 Å². The van der Waals surface area contributed by atoms with E-state index in [9.17, 15) is 8.78 Å². The van der Waals surface area contributed by atoms with E-state index >= 15 is 0 Å². The second kappa shape index (κ2) is 11.7. The number of allylic oxidation sites excluding steroid dienone is 3. The van der Waals surface area contributed by atoms with Crippen LogP contribution in [0.4, 0.5) is 8.78 Å². The standard InChI is InChI=1S/C24H26F2N6.C3H8/c1-13(2)15-6-7-16(22-12-29-11-21(32-22)14-9-30-31-10-14)24(28)17(15)8-20(27)23-18(25)4-3-5-19(23)26;1-3-2/h3-5,8-13,15-16H,6-7,27-28H2,1-2H3,(H,30,31);3H2,1-2H3/b20-8-;. The molecule has 4 rings (SSSR count). The Hall–Kier alpha value is -3.55. The van der Waals surface area contributed by atoms with Gasteiger partial charge in [0, 0.05) is 35.3 Å². The summed E-state index contributed by atoms with van der Waals surface area (Å²) in [5.41, 5.74) is 16.3. The molecule has 0 aliphatic heterocycles. The first-order valence-corrected chi connectivity index (χ1v) is 12.0.